The van der Waals surface area contributed by atoms with Gasteiger partial charge in [-0.05, 0) is 52.5 Å². The van der Waals surface area contributed by atoms with Gasteiger partial charge < -0.3 is 10.2 Å². The molecule has 0 aliphatic rings. The number of nitrogens with one attached hydrogen (secondary N) is 1. The molecular formula is C15H26N2. The van der Waals surface area contributed by atoms with Crippen LogP contribution < -0.4 is 5.32 Å². The highest BCUT2D eigenvalue weighted by Crippen LogP contribution is 2.29. The minimum Gasteiger partial charge on any atom is -0.313 e. The Morgan fingerprint density at radius 1 is 1.18 bits per heavy atom. The summed E-state index contributed by atoms with van der Waals surface area (Å²) in [6.07, 6.45) is 1.10. The molecule has 1 atom stereocenters. The van der Waals surface area contributed by atoms with Crippen LogP contribution in [0.15, 0.2) is 24.3 Å². The summed E-state index contributed by atoms with van der Waals surface area (Å²) in [5.41, 5.74) is 2.82. The van der Waals surface area contributed by atoms with Crippen LogP contribution in [-0.4, -0.2) is 31.6 Å². The molecule has 0 heterocycles. The zero-order valence-corrected chi connectivity index (χ0v) is 12.0. The maximum absolute atomic E-state index is 3.41. The molecule has 96 valence electrons. The average molecular weight is 234 g/mol. The molecule has 1 rings (SSSR count). The van der Waals surface area contributed by atoms with E-state index in [1.807, 2.05) is 7.05 Å². The van der Waals surface area contributed by atoms with E-state index in [2.05, 4.69) is 69.3 Å². The zero-order chi connectivity index (χ0) is 13.1. The lowest BCUT2D eigenvalue weighted by Crippen LogP contribution is -2.48. The van der Waals surface area contributed by atoms with Gasteiger partial charge in [-0.3, -0.25) is 0 Å². The molecule has 0 bridgehead atoms. The largest absolute Gasteiger partial charge is 0.313 e. The van der Waals surface area contributed by atoms with E-state index in [-0.39, 0.29) is 5.54 Å². The van der Waals surface area contributed by atoms with Gasteiger partial charge in [0.1, 0.15) is 0 Å². The van der Waals surface area contributed by atoms with Crippen LogP contribution in [0.3, 0.4) is 0 Å². The standard InChI is InChI=1S/C15H26N2/c1-7-12-8-10-13(11-9-12)14(17(5)6)15(2,3)16-4/h8-11,14,16H,7H2,1-6H3. The summed E-state index contributed by atoms with van der Waals surface area (Å²) >= 11 is 0. The third-order valence-electron chi connectivity index (χ3n) is 3.55. The Morgan fingerprint density at radius 2 is 1.71 bits per heavy atom. The molecule has 1 aromatic carbocycles. The molecule has 0 saturated carbocycles. The van der Waals surface area contributed by atoms with Crippen LogP contribution >= 0.6 is 0 Å². The Labute approximate surface area is 106 Å². The first-order chi connectivity index (χ1) is 7.92. The average Bonchev–Trinajstić information content (AvgIpc) is 2.29. The predicted octanol–water partition coefficient (Wildman–Crippen LogP) is 2.85. The van der Waals surface area contributed by atoms with Gasteiger partial charge in [0.2, 0.25) is 0 Å². The van der Waals surface area contributed by atoms with Crippen molar-refractivity contribution in [3.63, 3.8) is 0 Å². The topological polar surface area (TPSA) is 15.3 Å². The Balaban J connectivity index is 3.06. The molecule has 0 amide bonds. The molecule has 1 N–H and O–H groups in total. The van der Waals surface area contributed by atoms with Crippen molar-refractivity contribution < 1.29 is 0 Å². The highest BCUT2D eigenvalue weighted by atomic mass is 15.2. The molecule has 0 spiro atoms. The predicted molar refractivity (Wildman–Crippen MR) is 75.4 cm³/mol. The number of rotatable bonds is 5. The van der Waals surface area contributed by atoms with E-state index in [9.17, 15) is 0 Å². The molecule has 0 aromatic heterocycles. The summed E-state index contributed by atoms with van der Waals surface area (Å²) < 4.78 is 0. The summed E-state index contributed by atoms with van der Waals surface area (Å²) in [6, 6.07) is 9.35. The third-order valence-corrected chi connectivity index (χ3v) is 3.55. The van der Waals surface area contributed by atoms with E-state index in [1.165, 1.54) is 11.1 Å². The van der Waals surface area contributed by atoms with Crippen molar-refractivity contribution in [1.82, 2.24) is 10.2 Å². The summed E-state index contributed by atoms with van der Waals surface area (Å²) in [4.78, 5) is 2.28. The highest BCUT2D eigenvalue weighted by Gasteiger charge is 2.30. The van der Waals surface area contributed by atoms with Gasteiger partial charge in [-0.1, -0.05) is 31.2 Å². The SMILES string of the molecule is CCc1ccc(C(N(C)C)C(C)(C)NC)cc1. The van der Waals surface area contributed by atoms with Gasteiger partial charge in [0.25, 0.3) is 0 Å². The van der Waals surface area contributed by atoms with Gasteiger partial charge in [0.15, 0.2) is 0 Å². The molecule has 1 unspecified atom stereocenters. The van der Waals surface area contributed by atoms with Crippen LogP contribution in [-0.2, 0) is 6.42 Å². The van der Waals surface area contributed by atoms with Crippen LogP contribution in [0.1, 0.15) is 37.9 Å². The van der Waals surface area contributed by atoms with Crippen LogP contribution in [0.4, 0.5) is 0 Å². The molecular weight excluding hydrogens is 208 g/mol. The zero-order valence-electron chi connectivity index (χ0n) is 12.0. The molecule has 0 aliphatic heterocycles. The lowest BCUT2D eigenvalue weighted by Gasteiger charge is -2.39. The van der Waals surface area contributed by atoms with E-state index in [4.69, 9.17) is 0 Å². The van der Waals surface area contributed by atoms with Crippen molar-refractivity contribution in [1.29, 1.82) is 0 Å². The van der Waals surface area contributed by atoms with Crippen LogP contribution in [0.5, 0.6) is 0 Å². The summed E-state index contributed by atoms with van der Waals surface area (Å²) in [7, 11) is 6.30. The lowest BCUT2D eigenvalue weighted by molar-refractivity contribution is 0.177. The first-order valence-corrected chi connectivity index (χ1v) is 6.36. The molecule has 2 nitrogen and oxygen atoms in total. The molecule has 0 fully saturated rings. The monoisotopic (exact) mass is 234 g/mol. The minimum absolute atomic E-state index is 0.0528. The van der Waals surface area contributed by atoms with Crippen molar-refractivity contribution in [3.05, 3.63) is 35.4 Å². The Bertz CT molecular complexity index is 338. The third kappa shape index (κ3) is 3.30. The van der Waals surface area contributed by atoms with Gasteiger partial charge in [0, 0.05) is 5.54 Å². The Morgan fingerprint density at radius 3 is 2.06 bits per heavy atom. The molecule has 0 radical (unpaired) electrons. The fourth-order valence-electron chi connectivity index (χ4n) is 2.43. The first kappa shape index (κ1) is 14.2. The van der Waals surface area contributed by atoms with E-state index in [1.54, 1.807) is 0 Å². The number of likely N-dealkylation sites (N-methyl/N-ethyl adjacent to an activating group) is 2. The van der Waals surface area contributed by atoms with Gasteiger partial charge in [-0.25, -0.2) is 0 Å². The van der Waals surface area contributed by atoms with Gasteiger partial charge in [0.05, 0.1) is 6.04 Å². The maximum Gasteiger partial charge on any atom is 0.0519 e. The van der Waals surface area contributed by atoms with Crippen molar-refractivity contribution in [2.75, 3.05) is 21.1 Å². The van der Waals surface area contributed by atoms with E-state index >= 15 is 0 Å². The number of hydrogen-bond donors (Lipinski definition) is 1. The van der Waals surface area contributed by atoms with Crippen LogP contribution in [0.25, 0.3) is 0 Å². The van der Waals surface area contributed by atoms with E-state index in [0.717, 1.165) is 6.42 Å². The van der Waals surface area contributed by atoms with Gasteiger partial charge in [-0.2, -0.15) is 0 Å². The number of hydrogen-bond acceptors (Lipinski definition) is 2. The number of nitrogens with zero attached hydrogens (tertiary/aromatic N) is 1. The fourth-order valence-corrected chi connectivity index (χ4v) is 2.43. The fraction of sp³-hybridized carbons (Fsp3) is 0.600. The second kappa shape index (κ2) is 5.65. The maximum atomic E-state index is 3.41. The molecule has 2 heteroatoms. The van der Waals surface area contributed by atoms with Crippen molar-refractivity contribution >= 4 is 0 Å². The molecule has 17 heavy (non-hydrogen) atoms. The smallest absolute Gasteiger partial charge is 0.0519 e. The Kier molecular flexibility index (Phi) is 4.72. The van der Waals surface area contributed by atoms with Crippen molar-refractivity contribution in [2.24, 2.45) is 0 Å². The van der Waals surface area contributed by atoms with Crippen LogP contribution in [0, 0.1) is 0 Å². The summed E-state index contributed by atoms with van der Waals surface area (Å²) in [5, 5.41) is 3.41. The van der Waals surface area contributed by atoms with E-state index in [0.29, 0.717) is 6.04 Å². The number of aryl methyl sites for hydroxylation is 1. The quantitative estimate of drug-likeness (QED) is 0.843. The molecule has 0 aliphatic carbocycles. The van der Waals surface area contributed by atoms with Crippen molar-refractivity contribution in [3.8, 4) is 0 Å². The first-order valence-electron chi connectivity index (χ1n) is 6.36. The summed E-state index contributed by atoms with van der Waals surface area (Å²) in [6.45, 7) is 6.67. The molecule has 0 saturated heterocycles. The second-order valence-electron chi connectivity index (χ2n) is 5.43. The lowest BCUT2D eigenvalue weighted by atomic mass is 9.87. The number of benzene rings is 1. The van der Waals surface area contributed by atoms with Gasteiger partial charge in [-0.15, -0.1) is 0 Å². The Hall–Kier alpha value is -0.860. The van der Waals surface area contributed by atoms with Crippen molar-refractivity contribution in [2.45, 2.75) is 38.8 Å². The second-order valence-corrected chi connectivity index (χ2v) is 5.43. The van der Waals surface area contributed by atoms with Crippen LogP contribution in [0.2, 0.25) is 0 Å². The normalized spacial score (nSPS) is 14.1. The minimum atomic E-state index is 0.0528. The van der Waals surface area contributed by atoms with E-state index < -0.39 is 0 Å². The molecule has 1 aromatic rings. The summed E-state index contributed by atoms with van der Waals surface area (Å²) in [5.74, 6) is 0. The van der Waals surface area contributed by atoms with Gasteiger partial charge >= 0.3 is 0 Å². The highest BCUT2D eigenvalue weighted by molar-refractivity contribution is 5.27.